The van der Waals surface area contributed by atoms with E-state index >= 15 is 0 Å². The molecule has 0 bridgehead atoms. The van der Waals surface area contributed by atoms with Crippen molar-refractivity contribution in [3.8, 4) is 0 Å². The predicted octanol–water partition coefficient (Wildman–Crippen LogP) is 1.31. The highest BCUT2D eigenvalue weighted by Gasteiger charge is 2.23. The number of rotatable bonds is 4. The first kappa shape index (κ1) is 12.2. The van der Waals surface area contributed by atoms with Crippen LogP contribution in [-0.2, 0) is 4.79 Å². The van der Waals surface area contributed by atoms with Gasteiger partial charge in [-0.1, -0.05) is 6.58 Å². The third-order valence-corrected chi connectivity index (χ3v) is 3.22. The van der Waals surface area contributed by atoms with Gasteiger partial charge in [-0.25, -0.2) is 0 Å². The number of nitrogens with one attached hydrogen (secondary N) is 1. The normalized spacial score (nSPS) is 19.6. The van der Waals surface area contributed by atoms with E-state index in [2.05, 4.69) is 18.9 Å². The molecule has 1 heterocycles. The molecule has 0 saturated carbocycles. The van der Waals surface area contributed by atoms with Crippen molar-refractivity contribution in [1.29, 1.82) is 0 Å². The number of nitrogens with zero attached hydrogens (tertiary/aromatic N) is 1. The smallest absolute Gasteiger partial charge is 0.246 e. The number of piperidine rings is 1. The van der Waals surface area contributed by atoms with Gasteiger partial charge in [0.2, 0.25) is 5.91 Å². The van der Waals surface area contributed by atoms with Crippen molar-refractivity contribution < 1.29 is 9.28 Å². The molecule has 1 rings (SSSR count). The third-order valence-electron chi connectivity index (χ3n) is 3.22. The number of likely N-dealkylation sites (N-methyl/N-ethyl adjacent to an activating group) is 1. The number of carbonyl (C=O) groups is 1. The molecule has 0 aromatic carbocycles. The lowest BCUT2D eigenvalue weighted by molar-refractivity contribution is -0.912. The van der Waals surface area contributed by atoms with Crippen molar-refractivity contribution in [1.82, 2.24) is 5.32 Å². The highest BCUT2D eigenvalue weighted by Crippen LogP contribution is 2.15. The molecule has 1 amide bonds. The minimum atomic E-state index is -0.0152. The monoisotopic (exact) mass is 211 g/mol. The van der Waals surface area contributed by atoms with Crippen molar-refractivity contribution >= 4 is 5.91 Å². The number of hydrogen-bond acceptors (Lipinski definition) is 1. The number of carbonyl (C=O) groups excluding carboxylic acids is 1. The Morgan fingerprint density at radius 3 is 2.47 bits per heavy atom. The van der Waals surface area contributed by atoms with Crippen LogP contribution in [0.2, 0.25) is 0 Å². The summed E-state index contributed by atoms with van der Waals surface area (Å²) in [6.45, 7) is 9.68. The average molecular weight is 211 g/mol. The van der Waals surface area contributed by atoms with Gasteiger partial charge in [0, 0.05) is 5.57 Å². The molecule has 15 heavy (non-hydrogen) atoms. The van der Waals surface area contributed by atoms with E-state index in [1.807, 2.05) is 0 Å². The van der Waals surface area contributed by atoms with Crippen LogP contribution in [0.1, 0.15) is 26.2 Å². The van der Waals surface area contributed by atoms with Gasteiger partial charge in [0.25, 0.3) is 0 Å². The minimum Gasteiger partial charge on any atom is -0.347 e. The Bertz CT molecular complexity index is 242. The molecule has 1 aliphatic heterocycles. The SMILES string of the molecule is C=C(C)C(=O)NCC[N+]1(C)CCCCC1. The maximum absolute atomic E-state index is 11.3. The molecule has 1 saturated heterocycles. The first-order valence-electron chi connectivity index (χ1n) is 5.81. The zero-order valence-corrected chi connectivity index (χ0v) is 10.0. The third kappa shape index (κ3) is 4.04. The summed E-state index contributed by atoms with van der Waals surface area (Å²) in [5, 5.41) is 2.90. The highest BCUT2D eigenvalue weighted by atomic mass is 16.1. The van der Waals surface area contributed by atoms with Gasteiger partial charge in [-0.3, -0.25) is 4.79 Å². The van der Waals surface area contributed by atoms with E-state index in [0.29, 0.717) is 5.57 Å². The molecule has 3 heteroatoms. The van der Waals surface area contributed by atoms with Crippen LogP contribution in [0.5, 0.6) is 0 Å². The van der Waals surface area contributed by atoms with Gasteiger partial charge in [0.1, 0.15) is 0 Å². The Hall–Kier alpha value is -0.830. The van der Waals surface area contributed by atoms with E-state index in [1.54, 1.807) is 6.92 Å². The second-order valence-corrected chi connectivity index (χ2v) is 4.89. The maximum Gasteiger partial charge on any atom is 0.246 e. The minimum absolute atomic E-state index is 0.0152. The van der Waals surface area contributed by atoms with Crippen molar-refractivity contribution in [2.24, 2.45) is 0 Å². The molecule has 0 aromatic rings. The van der Waals surface area contributed by atoms with Crippen LogP contribution in [0.25, 0.3) is 0 Å². The lowest BCUT2D eigenvalue weighted by atomic mass is 10.1. The van der Waals surface area contributed by atoms with Crippen LogP contribution in [0, 0.1) is 0 Å². The molecular weight excluding hydrogens is 188 g/mol. The molecule has 0 spiro atoms. The fourth-order valence-corrected chi connectivity index (χ4v) is 2.09. The van der Waals surface area contributed by atoms with Gasteiger partial charge in [0.15, 0.2) is 0 Å². The van der Waals surface area contributed by atoms with Crippen molar-refractivity contribution in [3.05, 3.63) is 12.2 Å². The van der Waals surface area contributed by atoms with Crippen LogP contribution in [0.15, 0.2) is 12.2 Å². The fraction of sp³-hybridized carbons (Fsp3) is 0.750. The zero-order chi connectivity index (χ0) is 11.3. The summed E-state index contributed by atoms with van der Waals surface area (Å²) in [4.78, 5) is 11.3. The van der Waals surface area contributed by atoms with Gasteiger partial charge in [0.05, 0.1) is 33.2 Å². The summed E-state index contributed by atoms with van der Waals surface area (Å²) in [6, 6.07) is 0. The molecule has 0 unspecified atom stereocenters. The molecule has 3 nitrogen and oxygen atoms in total. The van der Waals surface area contributed by atoms with Crippen LogP contribution in [0.4, 0.5) is 0 Å². The Kier molecular flexibility index (Phi) is 4.33. The summed E-state index contributed by atoms with van der Waals surface area (Å²) in [5.74, 6) is -0.0152. The Balaban J connectivity index is 2.24. The number of hydrogen-bond donors (Lipinski definition) is 1. The van der Waals surface area contributed by atoms with E-state index < -0.39 is 0 Å². The summed E-state index contributed by atoms with van der Waals surface area (Å²) >= 11 is 0. The molecule has 0 aromatic heterocycles. The van der Waals surface area contributed by atoms with E-state index in [-0.39, 0.29) is 5.91 Å². The van der Waals surface area contributed by atoms with Gasteiger partial charge >= 0.3 is 0 Å². The second kappa shape index (κ2) is 5.31. The Labute approximate surface area is 92.7 Å². The van der Waals surface area contributed by atoms with E-state index in [0.717, 1.165) is 17.6 Å². The van der Waals surface area contributed by atoms with E-state index in [1.165, 1.54) is 32.4 Å². The first-order chi connectivity index (χ1) is 7.03. The molecule has 0 radical (unpaired) electrons. The summed E-state index contributed by atoms with van der Waals surface area (Å²) in [7, 11) is 2.28. The molecule has 1 fully saturated rings. The topological polar surface area (TPSA) is 29.1 Å². The van der Waals surface area contributed by atoms with Gasteiger partial charge in [-0.15, -0.1) is 0 Å². The Morgan fingerprint density at radius 2 is 1.93 bits per heavy atom. The Morgan fingerprint density at radius 1 is 1.33 bits per heavy atom. The standard InChI is InChI=1S/C12H22N2O/c1-11(2)12(15)13-7-10-14(3)8-5-4-6-9-14/h1,4-10H2,2-3H3/p+1. The van der Waals surface area contributed by atoms with Crippen LogP contribution in [-0.4, -0.2) is 43.6 Å². The lowest BCUT2D eigenvalue weighted by Crippen LogP contribution is -2.51. The molecule has 0 aliphatic carbocycles. The van der Waals surface area contributed by atoms with Gasteiger partial charge < -0.3 is 9.80 Å². The number of quaternary nitrogens is 1. The molecular formula is C12H23N2O+. The number of likely N-dealkylation sites (tertiary alicyclic amines) is 1. The van der Waals surface area contributed by atoms with Crippen LogP contribution in [0.3, 0.4) is 0 Å². The summed E-state index contributed by atoms with van der Waals surface area (Å²) in [5.41, 5.74) is 0.594. The zero-order valence-electron chi connectivity index (χ0n) is 10.0. The van der Waals surface area contributed by atoms with E-state index in [9.17, 15) is 4.79 Å². The largest absolute Gasteiger partial charge is 0.347 e. The quantitative estimate of drug-likeness (QED) is 0.551. The molecule has 1 aliphatic rings. The maximum atomic E-state index is 11.3. The van der Waals surface area contributed by atoms with Crippen molar-refractivity contribution in [2.45, 2.75) is 26.2 Å². The number of amides is 1. The molecule has 1 N–H and O–H groups in total. The van der Waals surface area contributed by atoms with Crippen LogP contribution >= 0.6 is 0 Å². The summed E-state index contributed by atoms with van der Waals surface area (Å²) in [6.07, 6.45) is 4.02. The van der Waals surface area contributed by atoms with Crippen molar-refractivity contribution in [3.63, 3.8) is 0 Å². The van der Waals surface area contributed by atoms with Gasteiger partial charge in [-0.05, 0) is 26.2 Å². The van der Waals surface area contributed by atoms with Gasteiger partial charge in [-0.2, -0.15) is 0 Å². The highest BCUT2D eigenvalue weighted by molar-refractivity contribution is 5.91. The first-order valence-corrected chi connectivity index (χ1v) is 5.81. The van der Waals surface area contributed by atoms with E-state index in [4.69, 9.17) is 0 Å². The fourth-order valence-electron chi connectivity index (χ4n) is 2.09. The molecule has 0 atom stereocenters. The molecule has 86 valence electrons. The average Bonchev–Trinajstić information content (AvgIpc) is 2.18. The van der Waals surface area contributed by atoms with Crippen molar-refractivity contribution in [2.75, 3.05) is 33.2 Å². The predicted molar refractivity (Wildman–Crippen MR) is 62.5 cm³/mol. The lowest BCUT2D eigenvalue weighted by Gasteiger charge is -2.37. The second-order valence-electron chi connectivity index (χ2n) is 4.89. The van der Waals surface area contributed by atoms with Crippen LogP contribution < -0.4 is 5.32 Å². The summed E-state index contributed by atoms with van der Waals surface area (Å²) < 4.78 is 1.11.